The smallest absolute Gasteiger partial charge is 0.183 e. The van der Waals surface area contributed by atoms with Crippen LogP contribution in [0.25, 0.3) is 0 Å². The average Bonchev–Trinajstić information content (AvgIpc) is 2.74. The normalized spacial score (nSPS) is 18.2. The second-order valence-electron chi connectivity index (χ2n) is 8.96. The first-order chi connectivity index (χ1) is 14.3. The van der Waals surface area contributed by atoms with Crippen molar-refractivity contribution in [1.82, 2.24) is 0 Å². The lowest BCUT2D eigenvalue weighted by Gasteiger charge is -2.44. The molecule has 1 N–H and O–H groups in total. The van der Waals surface area contributed by atoms with Crippen molar-refractivity contribution in [2.45, 2.75) is 125 Å². The lowest BCUT2D eigenvalue weighted by atomic mass is 9.56. The third-order valence-corrected chi connectivity index (χ3v) is 7.42. The van der Waals surface area contributed by atoms with E-state index in [1.807, 2.05) is 27.7 Å². The number of unbranched alkanes of at least 4 members (excludes halogenated alkanes) is 8. The molecule has 0 fully saturated rings. The van der Waals surface area contributed by atoms with Crippen LogP contribution < -0.4 is 0 Å². The van der Waals surface area contributed by atoms with Crippen molar-refractivity contribution in [2.75, 3.05) is 0 Å². The fourth-order valence-electron chi connectivity index (χ4n) is 5.03. The molecule has 30 heavy (non-hydrogen) atoms. The van der Waals surface area contributed by atoms with Gasteiger partial charge in [-0.1, -0.05) is 86.0 Å². The van der Waals surface area contributed by atoms with Crippen LogP contribution in [0.3, 0.4) is 0 Å². The standard InChI is InChI=1S/C26H44O4/c1-6-11-12-13-14-15-16-17-18-19-20(27)21-22(28)25(7-2,8-3)24(30)26(9-4,10-5)23(21)29/h28H,6-19H2,1-5H3. The van der Waals surface area contributed by atoms with Crippen molar-refractivity contribution in [2.24, 2.45) is 10.8 Å². The van der Waals surface area contributed by atoms with Crippen molar-refractivity contribution >= 4 is 17.3 Å². The molecular weight excluding hydrogens is 376 g/mol. The lowest BCUT2D eigenvalue weighted by molar-refractivity contribution is -0.150. The number of carbonyl (C=O) groups is 3. The molecule has 0 unspecified atom stereocenters. The molecule has 1 aliphatic rings. The first-order valence-corrected chi connectivity index (χ1v) is 12.4. The maximum absolute atomic E-state index is 13.4. The van der Waals surface area contributed by atoms with Crippen LogP contribution in [0.1, 0.15) is 125 Å². The molecule has 0 aliphatic heterocycles. The van der Waals surface area contributed by atoms with Gasteiger partial charge in [-0.25, -0.2) is 0 Å². The molecule has 4 nitrogen and oxygen atoms in total. The van der Waals surface area contributed by atoms with Crippen LogP contribution in [-0.4, -0.2) is 22.5 Å². The largest absolute Gasteiger partial charge is 0.510 e. The Balaban J connectivity index is 2.86. The molecule has 0 bridgehead atoms. The predicted molar refractivity (Wildman–Crippen MR) is 123 cm³/mol. The van der Waals surface area contributed by atoms with Gasteiger partial charge in [-0.2, -0.15) is 0 Å². The minimum Gasteiger partial charge on any atom is -0.510 e. The van der Waals surface area contributed by atoms with Gasteiger partial charge in [0, 0.05) is 6.42 Å². The Morgan fingerprint density at radius 1 is 0.700 bits per heavy atom. The lowest BCUT2D eigenvalue weighted by Crippen LogP contribution is -2.54. The van der Waals surface area contributed by atoms with Crippen molar-refractivity contribution in [3.05, 3.63) is 11.3 Å². The summed E-state index contributed by atoms with van der Waals surface area (Å²) < 4.78 is 0. The predicted octanol–water partition coefficient (Wildman–Crippen LogP) is 7.05. The molecule has 0 amide bonds. The number of rotatable bonds is 15. The van der Waals surface area contributed by atoms with Crippen molar-refractivity contribution in [3.8, 4) is 0 Å². The first kappa shape index (κ1) is 26.6. The molecule has 0 atom stereocenters. The van der Waals surface area contributed by atoms with Gasteiger partial charge in [0.15, 0.2) is 17.3 Å². The second-order valence-corrected chi connectivity index (χ2v) is 8.96. The van der Waals surface area contributed by atoms with E-state index in [2.05, 4.69) is 6.92 Å². The highest BCUT2D eigenvalue weighted by atomic mass is 16.3. The van der Waals surface area contributed by atoms with Gasteiger partial charge in [0.1, 0.15) is 11.3 Å². The molecule has 0 aromatic carbocycles. The summed E-state index contributed by atoms with van der Waals surface area (Å²) in [5, 5.41) is 11.0. The Hall–Kier alpha value is -1.45. The Kier molecular flexibility index (Phi) is 11.0. The van der Waals surface area contributed by atoms with Gasteiger partial charge in [-0.05, 0) is 32.1 Å². The van der Waals surface area contributed by atoms with E-state index in [9.17, 15) is 19.5 Å². The highest BCUT2D eigenvalue weighted by molar-refractivity contribution is 6.31. The molecule has 0 radical (unpaired) electrons. The van der Waals surface area contributed by atoms with Gasteiger partial charge >= 0.3 is 0 Å². The number of carbonyl (C=O) groups excluding carboxylic acids is 3. The molecule has 0 saturated carbocycles. The van der Waals surface area contributed by atoms with Gasteiger partial charge in [-0.15, -0.1) is 0 Å². The minimum absolute atomic E-state index is 0.0819. The molecule has 4 heteroatoms. The molecule has 1 aliphatic carbocycles. The van der Waals surface area contributed by atoms with E-state index in [-0.39, 0.29) is 29.3 Å². The van der Waals surface area contributed by atoms with Crippen molar-refractivity contribution < 1.29 is 19.5 Å². The number of hydrogen-bond donors (Lipinski definition) is 1. The number of ketones is 3. The molecule has 0 heterocycles. The zero-order valence-corrected chi connectivity index (χ0v) is 20.1. The van der Waals surface area contributed by atoms with Crippen LogP contribution in [0.5, 0.6) is 0 Å². The van der Waals surface area contributed by atoms with E-state index >= 15 is 0 Å². The Labute approximate surface area is 183 Å². The van der Waals surface area contributed by atoms with Crippen LogP contribution in [0.15, 0.2) is 11.3 Å². The molecule has 0 spiro atoms. The SMILES string of the molecule is CCCCCCCCCCCC(=O)C1=C(O)C(CC)(CC)C(=O)C(CC)(CC)C1=O. The van der Waals surface area contributed by atoms with Gasteiger partial charge in [0.2, 0.25) is 0 Å². The molecule has 1 rings (SSSR count). The van der Waals surface area contributed by atoms with E-state index in [0.29, 0.717) is 25.7 Å². The van der Waals surface area contributed by atoms with Crippen molar-refractivity contribution in [3.63, 3.8) is 0 Å². The number of aliphatic hydroxyl groups excluding tert-OH is 1. The fraction of sp³-hybridized carbons (Fsp3) is 0.808. The Morgan fingerprint density at radius 3 is 1.57 bits per heavy atom. The molecular formula is C26H44O4. The third-order valence-electron chi connectivity index (χ3n) is 7.42. The summed E-state index contributed by atoms with van der Waals surface area (Å²) in [6.45, 7) is 9.59. The van der Waals surface area contributed by atoms with E-state index in [1.165, 1.54) is 38.5 Å². The van der Waals surface area contributed by atoms with Crippen LogP contribution >= 0.6 is 0 Å². The van der Waals surface area contributed by atoms with Crippen LogP contribution in [0.2, 0.25) is 0 Å². The highest BCUT2D eigenvalue weighted by Gasteiger charge is 2.59. The zero-order valence-electron chi connectivity index (χ0n) is 20.1. The Bertz CT molecular complexity index is 621. The van der Waals surface area contributed by atoms with E-state index < -0.39 is 16.6 Å². The topological polar surface area (TPSA) is 71.4 Å². The summed E-state index contributed by atoms with van der Waals surface area (Å²) in [4.78, 5) is 39.7. The van der Waals surface area contributed by atoms with Crippen LogP contribution in [-0.2, 0) is 14.4 Å². The summed E-state index contributed by atoms with van der Waals surface area (Å²) in [5.41, 5.74) is -2.37. The maximum atomic E-state index is 13.4. The monoisotopic (exact) mass is 420 g/mol. The number of aliphatic hydroxyl groups is 1. The second kappa shape index (κ2) is 12.4. The quantitative estimate of drug-likeness (QED) is 0.175. The summed E-state index contributed by atoms with van der Waals surface area (Å²) in [6, 6.07) is 0. The number of Topliss-reactive ketones (excluding diaryl/α,β-unsaturated/α-hetero) is 3. The molecule has 0 aromatic heterocycles. The summed E-state index contributed by atoms with van der Waals surface area (Å²) in [5.74, 6) is -1.20. The van der Waals surface area contributed by atoms with Crippen LogP contribution in [0.4, 0.5) is 0 Å². The molecule has 0 saturated heterocycles. The molecule has 0 aromatic rings. The molecule has 172 valence electrons. The summed E-state index contributed by atoms with van der Waals surface area (Å²) in [6.07, 6.45) is 12.1. The Morgan fingerprint density at radius 2 is 1.13 bits per heavy atom. The van der Waals surface area contributed by atoms with Gasteiger partial charge < -0.3 is 5.11 Å². The number of hydrogen-bond acceptors (Lipinski definition) is 4. The average molecular weight is 421 g/mol. The fourth-order valence-corrected chi connectivity index (χ4v) is 5.03. The third kappa shape index (κ3) is 5.23. The van der Waals surface area contributed by atoms with Gasteiger partial charge in [0.05, 0.1) is 10.8 Å². The van der Waals surface area contributed by atoms with Gasteiger partial charge in [0.25, 0.3) is 0 Å². The summed E-state index contributed by atoms with van der Waals surface area (Å²) >= 11 is 0. The van der Waals surface area contributed by atoms with E-state index in [1.54, 1.807) is 0 Å². The van der Waals surface area contributed by atoms with Crippen LogP contribution in [0, 0.1) is 10.8 Å². The van der Waals surface area contributed by atoms with Gasteiger partial charge in [-0.3, -0.25) is 14.4 Å². The maximum Gasteiger partial charge on any atom is 0.183 e. The number of allylic oxidation sites excluding steroid dienone is 2. The highest BCUT2D eigenvalue weighted by Crippen LogP contribution is 2.51. The zero-order chi connectivity index (χ0) is 22.8. The first-order valence-electron chi connectivity index (χ1n) is 12.4. The van der Waals surface area contributed by atoms with E-state index in [4.69, 9.17) is 0 Å². The minimum atomic E-state index is -1.18. The van der Waals surface area contributed by atoms with Crippen molar-refractivity contribution in [1.29, 1.82) is 0 Å². The summed E-state index contributed by atoms with van der Waals surface area (Å²) in [7, 11) is 0. The van der Waals surface area contributed by atoms with E-state index in [0.717, 1.165) is 19.3 Å².